The molecule has 0 spiro atoms. The van der Waals surface area contributed by atoms with Crippen LogP contribution in [0.25, 0.3) is 5.78 Å². The van der Waals surface area contributed by atoms with Crippen LogP contribution < -0.4 is 5.56 Å². The lowest BCUT2D eigenvalue weighted by molar-refractivity contribution is 0.716. The highest BCUT2D eigenvalue weighted by molar-refractivity contribution is 5.44. The van der Waals surface area contributed by atoms with Gasteiger partial charge in [0, 0.05) is 5.56 Å². The number of fused-ring (bicyclic) bond motifs is 1. The average molecular weight is 310 g/mol. The minimum absolute atomic E-state index is 0.00159. The molecule has 0 saturated heterocycles. The van der Waals surface area contributed by atoms with Crippen molar-refractivity contribution in [2.45, 2.75) is 48.1 Å². The first-order valence-electron chi connectivity index (χ1n) is 7.79. The molecule has 0 radical (unpaired) electrons. The average Bonchev–Trinajstić information content (AvgIpc) is 3.01. The van der Waals surface area contributed by atoms with Crippen molar-refractivity contribution >= 4 is 5.78 Å². The maximum atomic E-state index is 12.7. The maximum Gasteiger partial charge on any atom is 0.258 e. The van der Waals surface area contributed by atoms with Crippen molar-refractivity contribution in [1.82, 2.24) is 19.2 Å². The molecule has 120 valence electrons. The van der Waals surface area contributed by atoms with Gasteiger partial charge in [-0.3, -0.25) is 9.36 Å². The van der Waals surface area contributed by atoms with Gasteiger partial charge in [-0.2, -0.15) is 10.1 Å². The molecule has 5 heteroatoms. The number of aryl methyl sites for hydroxylation is 2. The lowest BCUT2D eigenvalue weighted by Crippen LogP contribution is -2.27. The highest BCUT2D eigenvalue weighted by atomic mass is 16.1. The predicted octanol–water partition coefficient (Wildman–Crippen LogP) is 2.79. The number of rotatable bonds is 2. The zero-order chi connectivity index (χ0) is 16.9. The Morgan fingerprint density at radius 1 is 0.957 bits per heavy atom. The molecule has 1 aromatic carbocycles. The van der Waals surface area contributed by atoms with E-state index in [1.807, 2.05) is 13.8 Å². The normalized spacial score (nSPS) is 11.4. The minimum Gasteiger partial charge on any atom is -0.272 e. The topological polar surface area (TPSA) is 52.2 Å². The SMILES string of the molecule is Cc1cc(Cn2c(=O)c(C)c(C)n3ncnc23)c(C)c(C)c1C. The zero-order valence-electron chi connectivity index (χ0n) is 14.6. The Morgan fingerprint density at radius 3 is 2.35 bits per heavy atom. The van der Waals surface area contributed by atoms with Gasteiger partial charge < -0.3 is 0 Å². The van der Waals surface area contributed by atoms with Crippen molar-refractivity contribution in [2.24, 2.45) is 0 Å². The first-order chi connectivity index (χ1) is 10.8. The monoisotopic (exact) mass is 310 g/mol. The van der Waals surface area contributed by atoms with Gasteiger partial charge >= 0.3 is 0 Å². The van der Waals surface area contributed by atoms with Gasteiger partial charge in [-0.05, 0) is 69.4 Å². The van der Waals surface area contributed by atoms with Crippen LogP contribution in [-0.4, -0.2) is 19.2 Å². The predicted molar refractivity (Wildman–Crippen MR) is 91.2 cm³/mol. The van der Waals surface area contributed by atoms with E-state index in [9.17, 15) is 4.79 Å². The van der Waals surface area contributed by atoms with Crippen molar-refractivity contribution in [3.05, 3.63) is 61.8 Å². The molecule has 5 nitrogen and oxygen atoms in total. The first-order valence-corrected chi connectivity index (χ1v) is 7.79. The van der Waals surface area contributed by atoms with E-state index < -0.39 is 0 Å². The van der Waals surface area contributed by atoms with Crippen LogP contribution in [-0.2, 0) is 6.54 Å². The van der Waals surface area contributed by atoms with Gasteiger partial charge in [0.1, 0.15) is 6.33 Å². The van der Waals surface area contributed by atoms with Crippen LogP contribution in [0.4, 0.5) is 0 Å². The van der Waals surface area contributed by atoms with Gasteiger partial charge in [-0.1, -0.05) is 6.07 Å². The first kappa shape index (κ1) is 15.5. The summed E-state index contributed by atoms with van der Waals surface area (Å²) in [4.78, 5) is 17.0. The van der Waals surface area contributed by atoms with E-state index in [0.717, 1.165) is 11.3 Å². The van der Waals surface area contributed by atoms with Gasteiger partial charge in [-0.25, -0.2) is 4.52 Å². The highest BCUT2D eigenvalue weighted by Crippen LogP contribution is 2.22. The van der Waals surface area contributed by atoms with E-state index in [2.05, 4.69) is 43.8 Å². The molecule has 3 rings (SSSR count). The minimum atomic E-state index is -0.00159. The van der Waals surface area contributed by atoms with Crippen LogP contribution in [0.5, 0.6) is 0 Å². The molecule has 0 atom stereocenters. The van der Waals surface area contributed by atoms with Crippen molar-refractivity contribution in [1.29, 1.82) is 0 Å². The summed E-state index contributed by atoms with van der Waals surface area (Å²) in [6.07, 6.45) is 1.50. The van der Waals surface area contributed by atoms with Crippen molar-refractivity contribution in [3.8, 4) is 0 Å². The molecular formula is C18H22N4O. The third-order valence-corrected chi connectivity index (χ3v) is 5.11. The van der Waals surface area contributed by atoms with E-state index in [1.165, 1.54) is 28.6 Å². The van der Waals surface area contributed by atoms with Gasteiger partial charge in [0.25, 0.3) is 5.56 Å². The Balaban J connectivity index is 2.25. The second kappa shape index (κ2) is 5.33. The van der Waals surface area contributed by atoms with Gasteiger partial charge in [-0.15, -0.1) is 0 Å². The van der Waals surface area contributed by atoms with Crippen LogP contribution in [0.3, 0.4) is 0 Å². The summed E-state index contributed by atoms with van der Waals surface area (Å²) in [6.45, 7) is 12.8. The molecule has 0 unspecified atom stereocenters. The van der Waals surface area contributed by atoms with Crippen LogP contribution in [0, 0.1) is 41.5 Å². The smallest absolute Gasteiger partial charge is 0.258 e. The summed E-state index contributed by atoms with van der Waals surface area (Å²) in [5.41, 5.74) is 7.78. The van der Waals surface area contributed by atoms with E-state index in [-0.39, 0.29) is 5.56 Å². The van der Waals surface area contributed by atoms with E-state index in [0.29, 0.717) is 17.9 Å². The fourth-order valence-electron chi connectivity index (χ4n) is 3.04. The Labute approximate surface area is 135 Å². The molecule has 0 saturated carbocycles. The molecule has 0 bridgehead atoms. The van der Waals surface area contributed by atoms with Gasteiger partial charge in [0.15, 0.2) is 0 Å². The zero-order valence-corrected chi connectivity index (χ0v) is 14.6. The van der Waals surface area contributed by atoms with Gasteiger partial charge in [0.05, 0.1) is 12.2 Å². The Morgan fingerprint density at radius 2 is 1.65 bits per heavy atom. The maximum absolute atomic E-state index is 12.7. The molecule has 0 N–H and O–H groups in total. The van der Waals surface area contributed by atoms with E-state index >= 15 is 0 Å². The van der Waals surface area contributed by atoms with Crippen LogP contribution >= 0.6 is 0 Å². The number of nitrogens with zero attached hydrogens (tertiary/aromatic N) is 4. The number of aromatic nitrogens is 4. The molecule has 0 aliphatic carbocycles. The third kappa shape index (κ3) is 2.27. The lowest BCUT2D eigenvalue weighted by atomic mass is 9.94. The number of benzene rings is 1. The summed E-state index contributed by atoms with van der Waals surface area (Å²) in [7, 11) is 0. The summed E-state index contributed by atoms with van der Waals surface area (Å²) in [6, 6.07) is 2.17. The van der Waals surface area contributed by atoms with Crippen LogP contribution in [0.2, 0.25) is 0 Å². The number of hydrogen-bond acceptors (Lipinski definition) is 3. The van der Waals surface area contributed by atoms with Gasteiger partial charge in [0.2, 0.25) is 5.78 Å². The van der Waals surface area contributed by atoms with Crippen molar-refractivity contribution < 1.29 is 0 Å². The molecular weight excluding hydrogens is 288 g/mol. The molecule has 23 heavy (non-hydrogen) atoms. The Kier molecular flexibility index (Phi) is 3.59. The molecule has 2 aromatic heterocycles. The van der Waals surface area contributed by atoms with E-state index in [4.69, 9.17) is 0 Å². The highest BCUT2D eigenvalue weighted by Gasteiger charge is 2.15. The molecule has 0 aliphatic heterocycles. The molecule has 2 heterocycles. The Bertz CT molecular complexity index is 979. The third-order valence-electron chi connectivity index (χ3n) is 5.11. The van der Waals surface area contributed by atoms with E-state index in [1.54, 1.807) is 9.08 Å². The standard InChI is InChI=1S/C18H22N4O/c1-10-7-16(13(4)12(3)11(10)2)8-21-17(23)14(5)15(6)22-18(21)19-9-20-22/h7,9H,8H2,1-6H3. The fourth-order valence-corrected chi connectivity index (χ4v) is 3.04. The van der Waals surface area contributed by atoms with Crippen molar-refractivity contribution in [2.75, 3.05) is 0 Å². The molecule has 0 amide bonds. The molecule has 3 aromatic rings. The second-order valence-electron chi connectivity index (χ2n) is 6.30. The molecule has 0 aliphatic rings. The fraction of sp³-hybridized carbons (Fsp3) is 0.389. The lowest BCUT2D eigenvalue weighted by Gasteiger charge is -2.16. The summed E-state index contributed by atoms with van der Waals surface area (Å²) in [5.74, 6) is 0.591. The Hall–Kier alpha value is -2.43. The van der Waals surface area contributed by atoms with Crippen LogP contribution in [0.1, 0.15) is 39.1 Å². The second-order valence-corrected chi connectivity index (χ2v) is 6.30. The number of hydrogen-bond donors (Lipinski definition) is 0. The summed E-state index contributed by atoms with van der Waals surface area (Å²) in [5, 5.41) is 4.24. The summed E-state index contributed by atoms with van der Waals surface area (Å²) < 4.78 is 3.45. The van der Waals surface area contributed by atoms with Crippen molar-refractivity contribution in [3.63, 3.8) is 0 Å². The largest absolute Gasteiger partial charge is 0.272 e. The molecule has 0 fully saturated rings. The summed E-state index contributed by atoms with van der Waals surface area (Å²) >= 11 is 0. The quantitative estimate of drug-likeness (QED) is 0.731. The van der Waals surface area contributed by atoms with Crippen LogP contribution in [0.15, 0.2) is 17.2 Å².